The molecule has 1 aromatic carbocycles. The number of carbonyl (C=O) groups is 1. The maximum Gasteiger partial charge on any atom is 0.315 e. The van der Waals surface area contributed by atoms with Crippen molar-refractivity contribution in [2.45, 2.75) is 25.4 Å². The van der Waals surface area contributed by atoms with Crippen LogP contribution in [0.5, 0.6) is 5.75 Å². The zero-order chi connectivity index (χ0) is 17.8. The molecule has 0 radical (unpaired) electrons. The van der Waals surface area contributed by atoms with Crippen molar-refractivity contribution in [3.05, 3.63) is 53.2 Å². The van der Waals surface area contributed by atoms with Crippen molar-refractivity contribution in [3.63, 3.8) is 0 Å². The smallest absolute Gasteiger partial charge is 0.315 e. The average molecular weight is 348 g/mol. The van der Waals surface area contributed by atoms with Gasteiger partial charge in [-0.3, -0.25) is 0 Å². The lowest BCUT2D eigenvalue weighted by Crippen LogP contribution is -2.42. The van der Waals surface area contributed by atoms with E-state index in [1.807, 2.05) is 13.0 Å². The predicted octanol–water partition coefficient (Wildman–Crippen LogP) is 3.24. The molecule has 2 atom stereocenters. The Morgan fingerprint density at radius 1 is 1.40 bits per heavy atom. The van der Waals surface area contributed by atoms with Crippen LogP contribution in [0.2, 0.25) is 0 Å². The zero-order valence-corrected chi connectivity index (χ0v) is 14.2. The molecule has 25 heavy (non-hydrogen) atoms. The summed E-state index contributed by atoms with van der Waals surface area (Å²) >= 11 is 0. The molecule has 1 aromatic heterocycles. The highest BCUT2D eigenvalue weighted by atomic mass is 19.1. The topological polar surface area (TPSA) is 72.7 Å². The van der Waals surface area contributed by atoms with Crippen LogP contribution in [0.15, 0.2) is 34.7 Å². The Bertz CT molecular complexity index is 746. The molecular formula is C18H21FN2O4. The van der Waals surface area contributed by atoms with Gasteiger partial charge in [0.05, 0.1) is 19.3 Å². The SMILES string of the molecule is COC[C@@H](NC(=O)N[C@H]1CCOc2c(F)cccc21)c1ccc(C)o1. The minimum Gasteiger partial charge on any atom is -0.490 e. The highest BCUT2D eigenvalue weighted by molar-refractivity contribution is 5.75. The van der Waals surface area contributed by atoms with Gasteiger partial charge in [-0.05, 0) is 25.1 Å². The second-order valence-electron chi connectivity index (χ2n) is 5.92. The van der Waals surface area contributed by atoms with Crippen molar-refractivity contribution in [1.29, 1.82) is 0 Å². The summed E-state index contributed by atoms with van der Waals surface area (Å²) in [6.45, 7) is 2.46. The number of hydrogen-bond acceptors (Lipinski definition) is 4. The van der Waals surface area contributed by atoms with E-state index in [0.717, 1.165) is 5.76 Å². The Morgan fingerprint density at radius 3 is 2.96 bits per heavy atom. The summed E-state index contributed by atoms with van der Waals surface area (Å²) in [5.41, 5.74) is 0.638. The third-order valence-corrected chi connectivity index (χ3v) is 4.07. The Balaban J connectivity index is 1.69. The van der Waals surface area contributed by atoms with E-state index in [-0.39, 0.29) is 24.4 Å². The van der Waals surface area contributed by atoms with Crippen LogP contribution in [-0.4, -0.2) is 26.4 Å². The number of aryl methyl sites for hydroxylation is 1. The third-order valence-electron chi connectivity index (χ3n) is 4.07. The number of benzene rings is 1. The molecule has 2 amide bonds. The average Bonchev–Trinajstić information content (AvgIpc) is 3.02. The van der Waals surface area contributed by atoms with Gasteiger partial charge in [0.15, 0.2) is 11.6 Å². The van der Waals surface area contributed by atoms with Gasteiger partial charge in [-0.2, -0.15) is 0 Å². The molecule has 0 aliphatic carbocycles. The Hall–Kier alpha value is -2.54. The number of furan rings is 1. The van der Waals surface area contributed by atoms with Gasteiger partial charge < -0.3 is 24.5 Å². The van der Waals surface area contributed by atoms with Crippen LogP contribution in [0.1, 0.15) is 35.6 Å². The van der Waals surface area contributed by atoms with Crippen LogP contribution in [0.4, 0.5) is 9.18 Å². The number of halogens is 1. The fraction of sp³-hybridized carbons (Fsp3) is 0.389. The second kappa shape index (κ2) is 7.57. The lowest BCUT2D eigenvalue weighted by atomic mass is 10.0. The lowest BCUT2D eigenvalue weighted by Gasteiger charge is -2.27. The number of rotatable bonds is 5. The summed E-state index contributed by atoms with van der Waals surface area (Å²) in [6.07, 6.45) is 0.568. The zero-order valence-electron chi connectivity index (χ0n) is 14.2. The summed E-state index contributed by atoms with van der Waals surface area (Å²) < 4.78 is 29.9. The summed E-state index contributed by atoms with van der Waals surface area (Å²) in [7, 11) is 1.56. The number of ether oxygens (including phenoxy) is 2. The van der Waals surface area contributed by atoms with E-state index in [1.165, 1.54) is 6.07 Å². The van der Waals surface area contributed by atoms with E-state index in [9.17, 15) is 9.18 Å². The molecule has 0 spiro atoms. The Labute approximate surface area is 145 Å². The minimum absolute atomic E-state index is 0.203. The maximum atomic E-state index is 13.8. The van der Waals surface area contributed by atoms with Crippen molar-refractivity contribution in [2.24, 2.45) is 0 Å². The molecule has 0 unspecified atom stereocenters. The van der Waals surface area contributed by atoms with Crippen molar-refractivity contribution < 1.29 is 23.1 Å². The van der Waals surface area contributed by atoms with Gasteiger partial charge in [-0.25, -0.2) is 9.18 Å². The molecule has 0 fully saturated rings. The van der Waals surface area contributed by atoms with Gasteiger partial charge in [0.2, 0.25) is 0 Å². The van der Waals surface area contributed by atoms with E-state index >= 15 is 0 Å². The molecule has 0 bridgehead atoms. The van der Waals surface area contributed by atoms with Gasteiger partial charge in [0, 0.05) is 19.1 Å². The molecule has 1 aliphatic heterocycles. The van der Waals surface area contributed by atoms with Gasteiger partial charge in [-0.1, -0.05) is 12.1 Å². The summed E-state index contributed by atoms with van der Waals surface area (Å²) in [5, 5.41) is 5.71. The van der Waals surface area contributed by atoms with Crippen molar-refractivity contribution in [3.8, 4) is 5.75 Å². The van der Waals surface area contributed by atoms with Crippen LogP contribution in [0.25, 0.3) is 0 Å². The summed E-state index contributed by atoms with van der Waals surface area (Å²) in [5.74, 6) is 1.15. The highest BCUT2D eigenvalue weighted by Crippen LogP contribution is 2.34. The number of nitrogens with one attached hydrogen (secondary N) is 2. The lowest BCUT2D eigenvalue weighted by molar-refractivity contribution is 0.155. The number of fused-ring (bicyclic) bond motifs is 1. The number of methoxy groups -OCH3 is 1. The van der Waals surface area contributed by atoms with Crippen LogP contribution in [-0.2, 0) is 4.74 Å². The number of para-hydroxylation sites is 1. The molecule has 6 nitrogen and oxygen atoms in total. The van der Waals surface area contributed by atoms with Crippen molar-refractivity contribution in [1.82, 2.24) is 10.6 Å². The fourth-order valence-electron chi connectivity index (χ4n) is 2.90. The molecule has 2 aromatic rings. The molecule has 0 saturated heterocycles. The molecule has 0 saturated carbocycles. The first-order valence-corrected chi connectivity index (χ1v) is 8.12. The molecule has 1 aliphatic rings. The van der Waals surface area contributed by atoms with Crippen LogP contribution >= 0.6 is 0 Å². The predicted molar refractivity (Wildman–Crippen MR) is 89.0 cm³/mol. The first-order valence-electron chi connectivity index (χ1n) is 8.12. The number of amides is 2. The van der Waals surface area contributed by atoms with E-state index in [1.54, 1.807) is 25.3 Å². The monoisotopic (exact) mass is 348 g/mol. The van der Waals surface area contributed by atoms with Gasteiger partial charge in [0.25, 0.3) is 0 Å². The quantitative estimate of drug-likeness (QED) is 0.870. The largest absolute Gasteiger partial charge is 0.490 e. The number of urea groups is 1. The van der Waals surface area contributed by atoms with Crippen LogP contribution in [0.3, 0.4) is 0 Å². The van der Waals surface area contributed by atoms with Gasteiger partial charge in [0.1, 0.15) is 17.6 Å². The summed E-state index contributed by atoms with van der Waals surface area (Å²) in [4.78, 5) is 12.4. The first kappa shape index (κ1) is 17.3. The standard InChI is InChI=1S/C18H21FN2O4/c1-11-6-7-16(25-11)15(10-23-2)21-18(22)20-14-8-9-24-17-12(14)4-3-5-13(17)19/h3-7,14-15H,8-10H2,1-2H3,(H2,20,21,22)/t14-,15+/m0/s1. The minimum atomic E-state index is -0.423. The van der Waals surface area contributed by atoms with Gasteiger partial charge in [-0.15, -0.1) is 0 Å². The summed E-state index contributed by atoms with van der Waals surface area (Å²) in [6, 6.07) is 7.23. The Kier molecular flexibility index (Phi) is 5.23. The number of hydrogen-bond donors (Lipinski definition) is 2. The molecule has 134 valence electrons. The maximum absolute atomic E-state index is 13.8. The van der Waals surface area contributed by atoms with Gasteiger partial charge >= 0.3 is 6.03 Å². The second-order valence-corrected chi connectivity index (χ2v) is 5.92. The highest BCUT2D eigenvalue weighted by Gasteiger charge is 2.26. The fourth-order valence-corrected chi connectivity index (χ4v) is 2.90. The molecule has 2 heterocycles. The molecule has 7 heteroatoms. The van der Waals surface area contributed by atoms with Crippen molar-refractivity contribution in [2.75, 3.05) is 20.3 Å². The van der Waals surface area contributed by atoms with E-state index in [0.29, 0.717) is 24.4 Å². The molecule has 3 rings (SSSR count). The van der Waals surface area contributed by atoms with E-state index in [2.05, 4.69) is 10.6 Å². The molecular weight excluding hydrogens is 327 g/mol. The normalized spacial score (nSPS) is 17.3. The van der Waals surface area contributed by atoms with Crippen molar-refractivity contribution >= 4 is 6.03 Å². The van der Waals surface area contributed by atoms with Crippen LogP contribution in [0, 0.1) is 12.7 Å². The van der Waals surface area contributed by atoms with E-state index in [4.69, 9.17) is 13.9 Å². The van der Waals surface area contributed by atoms with E-state index < -0.39 is 11.9 Å². The number of carbonyl (C=O) groups excluding carboxylic acids is 1. The first-order chi connectivity index (χ1) is 12.1. The third kappa shape index (κ3) is 3.93. The Morgan fingerprint density at radius 2 is 2.24 bits per heavy atom. The van der Waals surface area contributed by atoms with Crippen LogP contribution < -0.4 is 15.4 Å². The molecule has 2 N–H and O–H groups in total.